The molecule has 2 heterocycles. The van der Waals surface area contributed by atoms with Crippen LogP contribution in [0, 0.1) is 0 Å². The van der Waals surface area contributed by atoms with Crippen molar-refractivity contribution in [3.05, 3.63) is 28.9 Å². The van der Waals surface area contributed by atoms with Crippen LogP contribution in [0.2, 0.25) is 0 Å². The van der Waals surface area contributed by atoms with E-state index in [-0.39, 0.29) is 5.97 Å². The van der Waals surface area contributed by atoms with E-state index < -0.39 is 0 Å². The number of rotatable bonds is 4. The number of imidazole rings is 1. The third kappa shape index (κ3) is 3.13. The summed E-state index contributed by atoms with van der Waals surface area (Å²) in [5, 5.41) is 0. The van der Waals surface area contributed by atoms with Crippen LogP contribution in [0.5, 0.6) is 0 Å². The van der Waals surface area contributed by atoms with E-state index in [9.17, 15) is 4.79 Å². The van der Waals surface area contributed by atoms with Crippen LogP contribution in [-0.4, -0.2) is 22.1 Å². The lowest BCUT2D eigenvalue weighted by molar-refractivity contribution is 0.0520. The maximum atomic E-state index is 11.7. The number of allylic oxidation sites excluding steroid dienone is 2. The van der Waals surface area contributed by atoms with Gasteiger partial charge in [-0.2, -0.15) is 0 Å². The number of nitrogens with zero attached hydrogens (tertiary/aromatic N) is 2. The number of hydrogen-bond donors (Lipinski definition) is 0. The Bertz CT molecular complexity index is 538. The topological polar surface area (TPSA) is 44.1 Å². The number of ether oxygens (including phenoxy) is 1. The molecule has 0 amide bonds. The van der Waals surface area contributed by atoms with Gasteiger partial charge >= 0.3 is 5.97 Å². The molecule has 0 unspecified atom stereocenters. The Morgan fingerprint density at radius 2 is 2.26 bits per heavy atom. The second-order valence-electron chi connectivity index (χ2n) is 4.82. The first-order chi connectivity index (χ1) is 9.13. The van der Waals surface area contributed by atoms with Crippen molar-refractivity contribution in [3.63, 3.8) is 0 Å². The molecule has 1 aromatic rings. The smallest absolute Gasteiger partial charge is 0.358 e. The van der Waals surface area contributed by atoms with Crippen LogP contribution in [0.3, 0.4) is 0 Å². The average Bonchev–Trinajstić information content (AvgIpc) is 2.66. The number of carbonyl (C=O) groups is 1. The Kier molecular flexibility index (Phi) is 4.20. The summed E-state index contributed by atoms with van der Waals surface area (Å²) in [4.78, 5) is 16.1. The normalized spacial score (nSPS) is 14.3. The van der Waals surface area contributed by atoms with Crippen molar-refractivity contribution in [2.45, 2.75) is 40.0 Å². The van der Waals surface area contributed by atoms with Gasteiger partial charge in [-0.3, -0.25) is 0 Å². The zero-order chi connectivity index (χ0) is 13.8. The van der Waals surface area contributed by atoms with E-state index in [0.29, 0.717) is 12.3 Å². The molecule has 0 radical (unpaired) electrons. The highest BCUT2D eigenvalue weighted by atomic mass is 16.5. The molecule has 1 aliphatic rings. The zero-order valence-corrected chi connectivity index (χ0v) is 11.8. The van der Waals surface area contributed by atoms with Crippen LogP contribution in [0.25, 0.3) is 12.3 Å². The van der Waals surface area contributed by atoms with Gasteiger partial charge in [-0.25, -0.2) is 9.78 Å². The molecule has 0 fully saturated rings. The summed E-state index contributed by atoms with van der Waals surface area (Å²) in [5.41, 5.74) is 3.00. The van der Waals surface area contributed by atoms with Gasteiger partial charge in [-0.15, -0.1) is 0 Å². The Morgan fingerprint density at radius 3 is 2.95 bits per heavy atom. The number of hydrogen-bond acceptors (Lipinski definition) is 3. The van der Waals surface area contributed by atoms with Gasteiger partial charge in [0.05, 0.1) is 6.61 Å². The fourth-order valence-corrected chi connectivity index (χ4v) is 2.28. The van der Waals surface area contributed by atoms with Crippen LogP contribution < -0.4 is 0 Å². The van der Waals surface area contributed by atoms with E-state index in [4.69, 9.17) is 4.74 Å². The van der Waals surface area contributed by atoms with E-state index in [1.165, 1.54) is 11.1 Å². The molecule has 0 atom stereocenters. The molecular formula is C15H20N2O2. The van der Waals surface area contributed by atoms with Crippen molar-refractivity contribution >= 4 is 18.2 Å². The van der Waals surface area contributed by atoms with Crippen molar-refractivity contribution in [1.82, 2.24) is 9.55 Å². The molecule has 1 aliphatic heterocycles. The fourth-order valence-electron chi connectivity index (χ4n) is 2.28. The molecule has 0 N–H and O–H groups in total. The highest BCUT2D eigenvalue weighted by Crippen LogP contribution is 2.24. The average molecular weight is 260 g/mol. The lowest BCUT2D eigenvalue weighted by atomic mass is 10.0. The SMILES string of the molecule is CCCC1=Cc2nc(C(=O)OCC)cn2C=C(C)C1. The summed E-state index contributed by atoms with van der Waals surface area (Å²) < 4.78 is 6.89. The lowest BCUT2D eigenvalue weighted by Gasteiger charge is -2.03. The van der Waals surface area contributed by atoms with Crippen LogP contribution in [-0.2, 0) is 4.74 Å². The first-order valence-corrected chi connectivity index (χ1v) is 6.76. The molecule has 0 aromatic carbocycles. The molecule has 2 rings (SSSR count). The summed E-state index contributed by atoms with van der Waals surface area (Å²) >= 11 is 0. The first kappa shape index (κ1) is 13.6. The summed E-state index contributed by atoms with van der Waals surface area (Å²) in [5.74, 6) is 0.447. The van der Waals surface area contributed by atoms with Crippen molar-refractivity contribution in [1.29, 1.82) is 0 Å². The number of aromatic nitrogens is 2. The third-order valence-corrected chi connectivity index (χ3v) is 3.02. The maximum Gasteiger partial charge on any atom is 0.358 e. The predicted octanol–water partition coefficient (Wildman–Crippen LogP) is 3.51. The minimum absolute atomic E-state index is 0.362. The van der Waals surface area contributed by atoms with Crippen molar-refractivity contribution in [3.8, 4) is 0 Å². The molecule has 0 saturated heterocycles. The van der Waals surface area contributed by atoms with Gasteiger partial charge in [0.1, 0.15) is 5.82 Å². The van der Waals surface area contributed by atoms with Gasteiger partial charge < -0.3 is 9.30 Å². The van der Waals surface area contributed by atoms with Crippen LogP contribution in [0.4, 0.5) is 0 Å². The Morgan fingerprint density at radius 1 is 1.47 bits per heavy atom. The number of carbonyl (C=O) groups excluding carboxylic acids is 1. The molecule has 102 valence electrons. The van der Waals surface area contributed by atoms with Crippen molar-refractivity contribution in [2.75, 3.05) is 6.61 Å². The van der Waals surface area contributed by atoms with Crippen LogP contribution in [0.1, 0.15) is 56.3 Å². The van der Waals surface area contributed by atoms with Crippen molar-refractivity contribution in [2.24, 2.45) is 0 Å². The minimum atomic E-state index is -0.362. The third-order valence-electron chi connectivity index (χ3n) is 3.02. The van der Waals surface area contributed by atoms with Gasteiger partial charge in [0, 0.05) is 12.4 Å². The summed E-state index contributed by atoms with van der Waals surface area (Å²) in [6.07, 6.45) is 9.01. The quantitative estimate of drug-likeness (QED) is 0.778. The molecule has 4 heteroatoms. The standard InChI is InChI=1S/C15H20N2O2/c1-4-6-12-7-11(3)9-17-10-13(15(18)19-5-2)16-14(17)8-12/h8-10H,4-7H2,1-3H3. The molecule has 0 saturated carbocycles. The predicted molar refractivity (Wildman–Crippen MR) is 75.6 cm³/mol. The molecule has 19 heavy (non-hydrogen) atoms. The Balaban J connectivity index is 2.35. The lowest BCUT2D eigenvalue weighted by Crippen LogP contribution is -2.04. The summed E-state index contributed by atoms with van der Waals surface area (Å²) in [7, 11) is 0. The molecule has 0 spiro atoms. The molecular weight excluding hydrogens is 240 g/mol. The Hall–Kier alpha value is -1.84. The van der Waals surface area contributed by atoms with E-state index in [1.54, 1.807) is 13.1 Å². The highest BCUT2D eigenvalue weighted by molar-refractivity contribution is 5.87. The minimum Gasteiger partial charge on any atom is -0.461 e. The monoisotopic (exact) mass is 260 g/mol. The number of esters is 1. The van der Waals surface area contributed by atoms with Gasteiger partial charge in [0.15, 0.2) is 5.69 Å². The van der Waals surface area contributed by atoms with E-state index in [0.717, 1.165) is 25.1 Å². The zero-order valence-electron chi connectivity index (χ0n) is 11.8. The van der Waals surface area contributed by atoms with Crippen LogP contribution in [0.15, 0.2) is 17.3 Å². The van der Waals surface area contributed by atoms with Gasteiger partial charge in [0.2, 0.25) is 0 Å². The van der Waals surface area contributed by atoms with Gasteiger partial charge in [-0.05, 0) is 32.8 Å². The van der Waals surface area contributed by atoms with E-state index in [2.05, 4.69) is 24.9 Å². The number of fused-ring (bicyclic) bond motifs is 1. The van der Waals surface area contributed by atoms with E-state index in [1.807, 2.05) is 10.8 Å². The first-order valence-electron chi connectivity index (χ1n) is 6.76. The van der Waals surface area contributed by atoms with Gasteiger partial charge in [0.25, 0.3) is 0 Å². The maximum absolute atomic E-state index is 11.7. The largest absolute Gasteiger partial charge is 0.461 e. The molecule has 1 aromatic heterocycles. The van der Waals surface area contributed by atoms with Crippen molar-refractivity contribution < 1.29 is 9.53 Å². The van der Waals surface area contributed by atoms with Gasteiger partial charge in [-0.1, -0.05) is 24.5 Å². The van der Waals surface area contributed by atoms with Crippen LogP contribution >= 0.6 is 0 Å². The second kappa shape index (κ2) is 5.87. The Labute approximate surface area is 113 Å². The highest BCUT2D eigenvalue weighted by Gasteiger charge is 2.15. The van der Waals surface area contributed by atoms with E-state index >= 15 is 0 Å². The summed E-state index contributed by atoms with van der Waals surface area (Å²) in [6.45, 7) is 6.43. The second-order valence-corrected chi connectivity index (χ2v) is 4.82. The fraction of sp³-hybridized carbons (Fsp3) is 0.467. The summed E-state index contributed by atoms with van der Waals surface area (Å²) in [6, 6.07) is 0. The molecule has 4 nitrogen and oxygen atoms in total. The molecule has 0 aliphatic carbocycles. The molecule has 0 bridgehead atoms.